The first-order valence-corrected chi connectivity index (χ1v) is 20.4. The minimum Gasteiger partial charge on any atom is -0.493 e. The molecular formula is C30H49NO8Si2. The first kappa shape index (κ1) is 32.2. The van der Waals surface area contributed by atoms with E-state index in [2.05, 4.69) is 46.5 Å². The summed E-state index contributed by atoms with van der Waals surface area (Å²) in [6.45, 7) is 17.3. The van der Waals surface area contributed by atoms with Crippen molar-refractivity contribution < 1.29 is 37.3 Å². The lowest BCUT2D eigenvalue weighted by Gasteiger charge is -2.51. The van der Waals surface area contributed by atoms with Crippen molar-refractivity contribution in [3.63, 3.8) is 0 Å². The highest BCUT2D eigenvalue weighted by Gasteiger charge is 2.61. The van der Waals surface area contributed by atoms with Crippen LogP contribution in [-0.4, -0.2) is 72.9 Å². The highest BCUT2D eigenvalue weighted by atomic mass is 28.4. The van der Waals surface area contributed by atoms with Crippen LogP contribution in [0.4, 0.5) is 0 Å². The third kappa shape index (κ3) is 6.04. The van der Waals surface area contributed by atoms with Crippen molar-refractivity contribution in [3.05, 3.63) is 17.7 Å². The Morgan fingerprint density at radius 3 is 1.98 bits per heavy atom. The molecule has 2 fully saturated rings. The first-order chi connectivity index (χ1) is 19.6. The number of hydrogen-bond acceptors (Lipinski definition) is 9. The standard InChI is InChI=1S/C30H49NO8Si2/c1-10-40(11-2,12-3)38-26-23(20-16-21(33-9)25-22(17-20)34-19-35-25)24(31-18-32)27-28(37-30(7,8)36-27)29(26)39-41(13-4,14-5)15-6/h16-17,23-24,26-29H,10-15,19H2,1-9H3/t23-,24-,26-,27+,28+,29+/m1/s1. The van der Waals surface area contributed by atoms with Crippen molar-refractivity contribution in [1.82, 2.24) is 0 Å². The van der Waals surface area contributed by atoms with Gasteiger partial charge in [0.05, 0.1) is 19.3 Å². The summed E-state index contributed by atoms with van der Waals surface area (Å²) in [5.74, 6) is 0.470. The average Bonchev–Trinajstić information content (AvgIpc) is 3.59. The quantitative estimate of drug-likeness (QED) is 0.142. The van der Waals surface area contributed by atoms with Gasteiger partial charge in [0.1, 0.15) is 18.2 Å². The second kappa shape index (κ2) is 12.9. The molecule has 9 nitrogen and oxygen atoms in total. The monoisotopic (exact) mass is 607 g/mol. The first-order valence-electron chi connectivity index (χ1n) is 15.4. The second-order valence-electron chi connectivity index (χ2n) is 11.9. The molecule has 2 heterocycles. The zero-order chi connectivity index (χ0) is 30.0. The van der Waals surface area contributed by atoms with Gasteiger partial charge in [-0.3, -0.25) is 0 Å². The number of nitrogens with zero attached hydrogens (tertiary/aromatic N) is 1. The molecule has 2 aliphatic heterocycles. The second-order valence-corrected chi connectivity index (χ2v) is 21.4. The molecule has 1 aliphatic carbocycles. The lowest BCUT2D eigenvalue weighted by atomic mass is 9.73. The van der Waals surface area contributed by atoms with Gasteiger partial charge in [-0.05, 0) is 67.8 Å². The Labute approximate surface area is 247 Å². The maximum absolute atomic E-state index is 12.0. The van der Waals surface area contributed by atoms with Gasteiger partial charge in [0.2, 0.25) is 18.6 Å². The van der Waals surface area contributed by atoms with Gasteiger partial charge in [-0.1, -0.05) is 41.5 Å². The number of fused-ring (bicyclic) bond motifs is 2. The fourth-order valence-electron chi connectivity index (χ4n) is 6.92. The van der Waals surface area contributed by atoms with Gasteiger partial charge in [-0.2, -0.15) is 4.99 Å². The molecule has 0 N–H and O–H groups in total. The molecule has 1 saturated carbocycles. The summed E-state index contributed by atoms with van der Waals surface area (Å²) in [5.41, 5.74) is 0.878. The molecule has 1 aromatic carbocycles. The summed E-state index contributed by atoms with van der Waals surface area (Å²) in [5, 5.41) is 0. The summed E-state index contributed by atoms with van der Waals surface area (Å²) in [6, 6.07) is 9.19. The normalized spacial score (nSPS) is 28.7. The van der Waals surface area contributed by atoms with Gasteiger partial charge in [0.25, 0.3) is 0 Å². The zero-order valence-electron chi connectivity index (χ0n) is 26.3. The van der Waals surface area contributed by atoms with Crippen molar-refractivity contribution in [2.24, 2.45) is 4.99 Å². The van der Waals surface area contributed by atoms with Crippen molar-refractivity contribution in [2.45, 2.75) is 134 Å². The molecule has 4 rings (SSSR count). The smallest absolute Gasteiger partial charge is 0.235 e. The van der Waals surface area contributed by atoms with Crippen LogP contribution in [0.3, 0.4) is 0 Å². The lowest BCUT2D eigenvalue weighted by Crippen LogP contribution is -2.64. The van der Waals surface area contributed by atoms with Crippen LogP contribution < -0.4 is 14.2 Å². The average molecular weight is 608 g/mol. The fourth-order valence-corrected chi connectivity index (χ4v) is 12.6. The number of methoxy groups -OCH3 is 1. The molecule has 0 amide bonds. The highest BCUT2D eigenvalue weighted by molar-refractivity contribution is 6.74. The minimum atomic E-state index is -2.19. The minimum absolute atomic E-state index is 0.117. The van der Waals surface area contributed by atoms with E-state index in [9.17, 15) is 4.79 Å². The molecular weight excluding hydrogens is 559 g/mol. The Hall–Kier alpha value is -1.73. The lowest BCUT2D eigenvalue weighted by molar-refractivity contribution is -0.157. The number of aliphatic imine (C=N–C) groups is 1. The maximum atomic E-state index is 12.0. The maximum Gasteiger partial charge on any atom is 0.235 e. The summed E-state index contributed by atoms with van der Waals surface area (Å²) < 4.78 is 45.2. The Morgan fingerprint density at radius 2 is 1.44 bits per heavy atom. The Kier molecular flexibility index (Phi) is 10.1. The van der Waals surface area contributed by atoms with Gasteiger partial charge in [-0.25, -0.2) is 4.79 Å². The number of ether oxygens (including phenoxy) is 5. The summed E-state index contributed by atoms with van der Waals surface area (Å²) in [7, 11) is -2.72. The topological polar surface area (TPSA) is 94.0 Å². The molecule has 0 bridgehead atoms. The van der Waals surface area contributed by atoms with E-state index in [0.29, 0.717) is 17.2 Å². The molecule has 0 aromatic heterocycles. The molecule has 1 saturated heterocycles. The molecule has 3 aliphatic rings. The molecule has 0 unspecified atom stereocenters. The van der Waals surface area contributed by atoms with E-state index in [0.717, 1.165) is 41.8 Å². The number of benzene rings is 1. The van der Waals surface area contributed by atoms with Crippen LogP contribution in [0, 0.1) is 0 Å². The van der Waals surface area contributed by atoms with Gasteiger partial charge < -0.3 is 32.5 Å². The third-order valence-electron chi connectivity index (χ3n) is 9.78. The summed E-state index contributed by atoms with van der Waals surface area (Å²) in [4.78, 5) is 16.4. The number of isocyanates is 1. The van der Waals surface area contributed by atoms with Gasteiger partial charge in [-0.15, -0.1) is 0 Å². The van der Waals surface area contributed by atoms with E-state index in [1.54, 1.807) is 7.11 Å². The Balaban J connectivity index is 1.97. The molecule has 230 valence electrons. The van der Waals surface area contributed by atoms with Gasteiger partial charge in [0, 0.05) is 5.92 Å². The van der Waals surface area contributed by atoms with Crippen LogP contribution in [0.5, 0.6) is 17.2 Å². The number of carbonyl (C=O) groups excluding carboxylic acids is 1. The predicted molar refractivity (Wildman–Crippen MR) is 162 cm³/mol. The van der Waals surface area contributed by atoms with Crippen LogP contribution in [-0.2, 0) is 23.1 Å². The van der Waals surface area contributed by atoms with E-state index in [1.807, 2.05) is 32.1 Å². The summed E-state index contributed by atoms with van der Waals surface area (Å²) >= 11 is 0. The van der Waals surface area contributed by atoms with Crippen LogP contribution in [0.25, 0.3) is 0 Å². The Morgan fingerprint density at radius 1 is 0.878 bits per heavy atom. The molecule has 0 radical (unpaired) electrons. The fraction of sp³-hybridized carbons (Fsp3) is 0.767. The highest BCUT2D eigenvalue weighted by Crippen LogP contribution is 2.52. The third-order valence-corrected chi connectivity index (χ3v) is 19.1. The van der Waals surface area contributed by atoms with E-state index in [1.165, 1.54) is 0 Å². The molecule has 1 aromatic rings. The molecule has 0 spiro atoms. The van der Waals surface area contributed by atoms with Crippen LogP contribution in [0.15, 0.2) is 17.1 Å². The molecule has 11 heteroatoms. The van der Waals surface area contributed by atoms with Gasteiger partial charge >= 0.3 is 0 Å². The van der Waals surface area contributed by atoms with Crippen molar-refractivity contribution in [2.75, 3.05) is 13.9 Å². The van der Waals surface area contributed by atoms with Crippen LogP contribution in [0.2, 0.25) is 36.3 Å². The number of hydrogen-bond donors (Lipinski definition) is 0. The SMILES string of the molecule is CC[Si](CC)(CC)O[C@@H]1[C@H]2OC(C)(C)O[C@H]2[C@H](N=C=O)[C@@H](c2cc(OC)c3c(c2)OCO3)[C@H]1O[Si](CC)(CC)CC. The van der Waals surface area contributed by atoms with Crippen molar-refractivity contribution in [1.29, 1.82) is 0 Å². The zero-order valence-corrected chi connectivity index (χ0v) is 28.3. The van der Waals surface area contributed by atoms with Crippen LogP contribution >= 0.6 is 0 Å². The van der Waals surface area contributed by atoms with Crippen molar-refractivity contribution in [3.8, 4) is 17.2 Å². The van der Waals surface area contributed by atoms with Crippen molar-refractivity contribution >= 4 is 22.7 Å². The predicted octanol–water partition coefficient (Wildman–Crippen LogP) is 6.53. The van der Waals surface area contributed by atoms with E-state index < -0.39 is 58.8 Å². The summed E-state index contributed by atoms with van der Waals surface area (Å²) in [6.07, 6.45) is 0.0664. The van der Waals surface area contributed by atoms with E-state index in [4.69, 9.17) is 32.5 Å². The molecule has 6 atom stereocenters. The van der Waals surface area contributed by atoms with Gasteiger partial charge in [0.15, 0.2) is 33.9 Å². The Bertz CT molecular complexity index is 1090. The molecule has 41 heavy (non-hydrogen) atoms. The van der Waals surface area contributed by atoms with E-state index >= 15 is 0 Å². The van der Waals surface area contributed by atoms with Crippen LogP contribution in [0.1, 0.15) is 66.9 Å². The van der Waals surface area contributed by atoms with E-state index in [-0.39, 0.29) is 6.79 Å². The largest absolute Gasteiger partial charge is 0.493 e. The number of rotatable bonds is 13.